The molecule has 0 aromatic carbocycles. The quantitative estimate of drug-likeness (QED) is 0.782. The molecule has 0 aliphatic carbocycles. The highest BCUT2D eigenvalue weighted by Crippen LogP contribution is 2.20. The predicted octanol–water partition coefficient (Wildman–Crippen LogP) is 1.51. The Labute approximate surface area is 117 Å². The first-order valence-corrected chi connectivity index (χ1v) is 6.87. The lowest BCUT2D eigenvalue weighted by Gasteiger charge is -2.05. The maximum absolute atomic E-state index is 10.9. The molecule has 0 bridgehead atoms. The van der Waals surface area contributed by atoms with Crippen LogP contribution in [0.1, 0.15) is 12.6 Å². The summed E-state index contributed by atoms with van der Waals surface area (Å²) in [6.45, 7) is 1.65. The number of aromatic nitrogens is 5. The Morgan fingerprint density at radius 2 is 2.30 bits per heavy atom. The van der Waals surface area contributed by atoms with Gasteiger partial charge in [-0.2, -0.15) is 9.61 Å². The van der Waals surface area contributed by atoms with Crippen molar-refractivity contribution in [3.05, 3.63) is 29.4 Å². The van der Waals surface area contributed by atoms with E-state index in [2.05, 4.69) is 20.3 Å². The van der Waals surface area contributed by atoms with Crippen LogP contribution in [0.3, 0.4) is 0 Å². The fraction of sp³-hybridized carbons (Fsp3) is 0.250. The number of fused-ring (bicyclic) bond motifs is 1. The summed E-state index contributed by atoms with van der Waals surface area (Å²) in [4.78, 5) is 15.1. The number of nitrogens with zero attached hydrogens (tertiary/aromatic N) is 5. The van der Waals surface area contributed by atoms with E-state index in [1.807, 2.05) is 5.38 Å². The summed E-state index contributed by atoms with van der Waals surface area (Å²) in [5, 5.41) is 24.1. The number of hydrogen-bond donors (Lipinski definition) is 1. The van der Waals surface area contributed by atoms with E-state index in [1.54, 1.807) is 29.8 Å². The van der Waals surface area contributed by atoms with Gasteiger partial charge in [0.15, 0.2) is 10.7 Å². The van der Waals surface area contributed by atoms with Crippen molar-refractivity contribution in [3.8, 4) is 10.8 Å². The first kappa shape index (κ1) is 12.7. The van der Waals surface area contributed by atoms with Crippen molar-refractivity contribution in [1.29, 1.82) is 0 Å². The maximum Gasteiger partial charge on any atom is 0.306 e. The molecular weight excluding hydrogens is 278 g/mol. The monoisotopic (exact) mass is 289 g/mol. The molecule has 8 heteroatoms. The minimum Gasteiger partial charge on any atom is -0.481 e. The largest absolute Gasteiger partial charge is 0.481 e. The van der Waals surface area contributed by atoms with Gasteiger partial charge in [-0.25, -0.2) is 4.98 Å². The molecular formula is C12H11N5O2S. The van der Waals surface area contributed by atoms with Gasteiger partial charge in [0.2, 0.25) is 5.82 Å². The molecule has 3 heterocycles. The normalized spacial score (nSPS) is 12.7. The van der Waals surface area contributed by atoms with Crippen molar-refractivity contribution in [3.63, 3.8) is 0 Å². The highest BCUT2D eigenvalue weighted by molar-refractivity contribution is 7.13. The number of rotatable bonds is 4. The molecule has 7 nitrogen and oxygen atoms in total. The van der Waals surface area contributed by atoms with Gasteiger partial charge in [0, 0.05) is 18.0 Å². The van der Waals surface area contributed by atoms with E-state index in [9.17, 15) is 4.79 Å². The summed E-state index contributed by atoms with van der Waals surface area (Å²) in [6, 6.07) is 3.55. The fourth-order valence-corrected chi connectivity index (χ4v) is 2.41. The van der Waals surface area contributed by atoms with Gasteiger partial charge < -0.3 is 5.11 Å². The molecule has 20 heavy (non-hydrogen) atoms. The fourth-order valence-electron chi connectivity index (χ4n) is 1.80. The van der Waals surface area contributed by atoms with Gasteiger partial charge in [-0.3, -0.25) is 4.79 Å². The smallest absolute Gasteiger partial charge is 0.306 e. The van der Waals surface area contributed by atoms with E-state index in [4.69, 9.17) is 5.11 Å². The Morgan fingerprint density at radius 1 is 1.45 bits per heavy atom. The molecule has 0 amide bonds. The summed E-state index contributed by atoms with van der Waals surface area (Å²) >= 11 is 1.45. The zero-order chi connectivity index (χ0) is 14.1. The lowest BCUT2D eigenvalue weighted by atomic mass is 10.1. The van der Waals surface area contributed by atoms with E-state index in [0.717, 1.165) is 5.01 Å². The molecule has 0 radical (unpaired) electrons. The average molecular weight is 289 g/mol. The van der Waals surface area contributed by atoms with Crippen molar-refractivity contribution in [2.45, 2.75) is 13.3 Å². The lowest BCUT2D eigenvalue weighted by molar-refractivity contribution is -0.141. The molecule has 102 valence electrons. The Balaban J connectivity index is 2.01. The van der Waals surface area contributed by atoms with E-state index in [1.165, 1.54) is 11.3 Å². The van der Waals surface area contributed by atoms with Gasteiger partial charge >= 0.3 is 5.97 Å². The number of thiazole rings is 1. The molecule has 3 aromatic rings. The van der Waals surface area contributed by atoms with Crippen LogP contribution in [0.15, 0.2) is 23.7 Å². The average Bonchev–Trinajstić information content (AvgIpc) is 3.06. The van der Waals surface area contributed by atoms with Crippen LogP contribution in [0.4, 0.5) is 0 Å². The SMILES string of the molecule is CC(Cc1ccc2nnc(-c3nccs3)n2n1)C(=O)O. The highest BCUT2D eigenvalue weighted by atomic mass is 32.1. The number of carboxylic acid groups (broad SMARTS) is 1. The van der Waals surface area contributed by atoms with Crippen molar-refractivity contribution < 1.29 is 9.90 Å². The number of aliphatic carboxylic acids is 1. The Morgan fingerprint density at radius 3 is 3.00 bits per heavy atom. The van der Waals surface area contributed by atoms with Crippen LogP contribution in [-0.4, -0.2) is 35.9 Å². The van der Waals surface area contributed by atoms with Gasteiger partial charge in [0.25, 0.3) is 0 Å². The predicted molar refractivity (Wildman–Crippen MR) is 72.4 cm³/mol. The van der Waals surface area contributed by atoms with Gasteiger partial charge in [0.1, 0.15) is 0 Å². The molecule has 1 atom stereocenters. The van der Waals surface area contributed by atoms with Gasteiger partial charge in [-0.05, 0) is 12.1 Å². The van der Waals surface area contributed by atoms with Crippen LogP contribution in [0.2, 0.25) is 0 Å². The lowest BCUT2D eigenvalue weighted by Crippen LogP contribution is -2.14. The number of hydrogen-bond acceptors (Lipinski definition) is 6. The molecule has 0 saturated heterocycles. The maximum atomic E-state index is 10.9. The van der Waals surface area contributed by atoms with Crippen LogP contribution >= 0.6 is 11.3 Å². The third-order valence-electron chi connectivity index (χ3n) is 2.88. The minimum atomic E-state index is -0.837. The highest BCUT2D eigenvalue weighted by Gasteiger charge is 2.15. The topological polar surface area (TPSA) is 93.3 Å². The third-order valence-corrected chi connectivity index (χ3v) is 3.65. The van der Waals surface area contributed by atoms with Crippen LogP contribution in [0, 0.1) is 5.92 Å². The number of carbonyl (C=O) groups is 1. The molecule has 0 fully saturated rings. The zero-order valence-corrected chi connectivity index (χ0v) is 11.4. The molecule has 3 aromatic heterocycles. The Hall–Kier alpha value is -2.35. The molecule has 0 spiro atoms. The third kappa shape index (κ3) is 2.25. The van der Waals surface area contributed by atoms with E-state index < -0.39 is 11.9 Å². The Kier molecular flexibility index (Phi) is 3.15. The minimum absolute atomic E-state index is 0.362. The van der Waals surface area contributed by atoms with Crippen LogP contribution in [0.5, 0.6) is 0 Å². The molecule has 3 rings (SSSR count). The number of carboxylic acids is 1. The van der Waals surface area contributed by atoms with Gasteiger partial charge in [-0.1, -0.05) is 6.92 Å². The van der Waals surface area contributed by atoms with Gasteiger partial charge in [0.05, 0.1) is 11.6 Å². The summed E-state index contributed by atoms with van der Waals surface area (Å²) in [5.74, 6) is -0.754. The van der Waals surface area contributed by atoms with Crippen molar-refractivity contribution >= 4 is 23.0 Å². The first-order chi connectivity index (χ1) is 9.65. The second-order valence-corrected chi connectivity index (χ2v) is 5.29. The second kappa shape index (κ2) is 4.97. The summed E-state index contributed by atoms with van der Waals surface area (Å²) in [6.07, 6.45) is 2.05. The zero-order valence-electron chi connectivity index (χ0n) is 10.6. The van der Waals surface area contributed by atoms with Crippen LogP contribution in [0.25, 0.3) is 16.5 Å². The summed E-state index contributed by atoms with van der Waals surface area (Å²) < 4.78 is 1.60. The molecule has 1 N–H and O–H groups in total. The second-order valence-electron chi connectivity index (χ2n) is 4.40. The molecule has 1 unspecified atom stereocenters. The van der Waals surface area contributed by atoms with E-state index in [0.29, 0.717) is 23.6 Å². The van der Waals surface area contributed by atoms with Crippen molar-refractivity contribution in [2.75, 3.05) is 0 Å². The van der Waals surface area contributed by atoms with Gasteiger partial charge in [-0.15, -0.1) is 21.5 Å². The molecule has 0 aliphatic heterocycles. The van der Waals surface area contributed by atoms with Crippen molar-refractivity contribution in [2.24, 2.45) is 5.92 Å². The van der Waals surface area contributed by atoms with E-state index in [-0.39, 0.29) is 0 Å². The van der Waals surface area contributed by atoms with Crippen LogP contribution in [-0.2, 0) is 11.2 Å². The Bertz CT molecular complexity index is 752. The standard InChI is InChI=1S/C12H11N5O2S/c1-7(12(18)19)6-8-2-3-9-14-15-10(17(9)16-8)11-13-4-5-20-11/h2-5,7H,6H2,1H3,(H,18,19). The molecule has 0 aliphatic rings. The molecule has 0 saturated carbocycles. The first-order valence-electron chi connectivity index (χ1n) is 5.99. The summed E-state index contributed by atoms with van der Waals surface area (Å²) in [5.41, 5.74) is 1.30. The summed E-state index contributed by atoms with van der Waals surface area (Å²) in [7, 11) is 0. The van der Waals surface area contributed by atoms with E-state index >= 15 is 0 Å². The van der Waals surface area contributed by atoms with Crippen molar-refractivity contribution in [1.82, 2.24) is 24.8 Å². The van der Waals surface area contributed by atoms with Crippen LogP contribution < -0.4 is 0 Å².